The predicted octanol–water partition coefficient (Wildman–Crippen LogP) is 1.37. The second-order valence-electron chi connectivity index (χ2n) is 5.60. The standard InChI is InChI=1S/C14H20N2O2S/c1-11-4-6-13(7-5-11)19(17,18)16-9-12-3-2-8-15-14(12)10-16/h4-7,12,14-15H,2-3,8-10H2,1H3/t12-,14+/m0/s1. The largest absolute Gasteiger partial charge is 0.312 e. The lowest BCUT2D eigenvalue weighted by atomic mass is 9.94. The molecule has 1 N–H and O–H groups in total. The molecule has 0 spiro atoms. The van der Waals surface area contributed by atoms with E-state index in [1.807, 2.05) is 19.1 Å². The fourth-order valence-electron chi connectivity index (χ4n) is 3.06. The lowest BCUT2D eigenvalue weighted by Crippen LogP contribution is -2.41. The molecule has 0 unspecified atom stereocenters. The van der Waals surface area contributed by atoms with Crippen molar-refractivity contribution in [1.82, 2.24) is 9.62 Å². The molecule has 2 saturated heterocycles. The summed E-state index contributed by atoms with van der Waals surface area (Å²) in [5.74, 6) is 0.481. The van der Waals surface area contributed by atoms with Gasteiger partial charge in [-0.2, -0.15) is 4.31 Å². The summed E-state index contributed by atoms with van der Waals surface area (Å²) in [7, 11) is -3.32. The molecule has 2 atom stereocenters. The quantitative estimate of drug-likeness (QED) is 0.890. The molecule has 0 aliphatic carbocycles. The average Bonchev–Trinajstić information content (AvgIpc) is 2.83. The van der Waals surface area contributed by atoms with E-state index >= 15 is 0 Å². The number of nitrogens with zero attached hydrogens (tertiary/aromatic N) is 1. The van der Waals surface area contributed by atoms with Gasteiger partial charge in [0, 0.05) is 19.1 Å². The first-order valence-electron chi connectivity index (χ1n) is 6.87. The van der Waals surface area contributed by atoms with Crippen molar-refractivity contribution in [3.05, 3.63) is 29.8 Å². The van der Waals surface area contributed by atoms with Crippen LogP contribution in [0.1, 0.15) is 18.4 Å². The minimum absolute atomic E-state index is 0.342. The van der Waals surface area contributed by atoms with Crippen LogP contribution in [0.2, 0.25) is 0 Å². The molecule has 0 radical (unpaired) electrons. The number of nitrogens with one attached hydrogen (secondary N) is 1. The Balaban J connectivity index is 1.83. The lowest BCUT2D eigenvalue weighted by Gasteiger charge is -2.24. The van der Waals surface area contributed by atoms with Crippen LogP contribution in [0.3, 0.4) is 0 Å². The van der Waals surface area contributed by atoms with Crippen molar-refractivity contribution in [2.45, 2.75) is 30.7 Å². The van der Waals surface area contributed by atoms with Crippen molar-refractivity contribution in [3.8, 4) is 0 Å². The molecule has 2 heterocycles. The number of sulfonamides is 1. The smallest absolute Gasteiger partial charge is 0.243 e. The van der Waals surface area contributed by atoms with E-state index in [0.717, 1.165) is 24.9 Å². The SMILES string of the molecule is Cc1ccc(S(=O)(=O)N2C[C@@H]3CCCN[C@@H]3C2)cc1. The van der Waals surface area contributed by atoms with Gasteiger partial charge in [-0.1, -0.05) is 17.7 Å². The maximum atomic E-state index is 12.6. The normalized spacial score (nSPS) is 28.3. The van der Waals surface area contributed by atoms with Crippen LogP contribution in [0.25, 0.3) is 0 Å². The second kappa shape index (κ2) is 4.89. The zero-order chi connectivity index (χ0) is 13.5. The zero-order valence-corrected chi connectivity index (χ0v) is 12.0. The van der Waals surface area contributed by atoms with Gasteiger partial charge in [0.15, 0.2) is 0 Å². The molecule has 0 bridgehead atoms. The molecule has 0 aromatic heterocycles. The predicted molar refractivity (Wildman–Crippen MR) is 74.5 cm³/mol. The van der Waals surface area contributed by atoms with Gasteiger partial charge in [0.25, 0.3) is 0 Å². The van der Waals surface area contributed by atoms with Gasteiger partial charge in [-0.3, -0.25) is 0 Å². The van der Waals surface area contributed by atoms with Crippen molar-refractivity contribution < 1.29 is 8.42 Å². The molecule has 2 aliphatic rings. The van der Waals surface area contributed by atoms with Gasteiger partial charge in [-0.15, -0.1) is 0 Å². The van der Waals surface area contributed by atoms with Gasteiger partial charge in [-0.05, 0) is 44.4 Å². The lowest BCUT2D eigenvalue weighted by molar-refractivity contribution is 0.339. The molecule has 2 fully saturated rings. The maximum Gasteiger partial charge on any atom is 0.243 e. The molecule has 104 valence electrons. The molecule has 0 saturated carbocycles. The number of fused-ring (bicyclic) bond motifs is 1. The fourth-order valence-corrected chi connectivity index (χ4v) is 4.59. The number of hydrogen-bond acceptors (Lipinski definition) is 3. The van der Waals surface area contributed by atoms with Gasteiger partial charge in [-0.25, -0.2) is 8.42 Å². The zero-order valence-electron chi connectivity index (χ0n) is 11.2. The van der Waals surface area contributed by atoms with Gasteiger partial charge >= 0.3 is 0 Å². The van der Waals surface area contributed by atoms with E-state index in [1.165, 1.54) is 0 Å². The van der Waals surface area contributed by atoms with Gasteiger partial charge in [0.1, 0.15) is 0 Å². The van der Waals surface area contributed by atoms with E-state index in [4.69, 9.17) is 0 Å². The Morgan fingerprint density at radius 3 is 2.63 bits per heavy atom. The summed E-state index contributed by atoms with van der Waals surface area (Å²) in [6, 6.07) is 7.47. The second-order valence-corrected chi connectivity index (χ2v) is 7.54. The molecular weight excluding hydrogens is 260 g/mol. The van der Waals surface area contributed by atoms with Crippen LogP contribution in [0.4, 0.5) is 0 Å². The van der Waals surface area contributed by atoms with E-state index < -0.39 is 10.0 Å². The maximum absolute atomic E-state index is 12.6. The highest BCUT2D eigenvalue weighted by molar-refractivity contribution is 7.89. The highest BCUT2D eigenvalue weighted by Crippen LogP contribution is 2.29. The van der Waals surface area contributed by atoms with E-state index in [2.05, 4.69) is 5.32 Å². The van der Waals surface area contributed by atoms with E-state index in [-0.39, 0.29) is 0 Å². The van der Waals surface area contributed by atoms with Crippen molar-refractivity contribution in [3.63, 3.8) is 0 Å². The molecular formula is C14H20N2O2S. The molecule has 0 amide bonds. The van der Waals surface area contributed by atoms with Crippen LogP contribution in [0.5, 0.6) is 0 Å². The summed E-state index contributed by atoms with van der Waals surface area (Å²) >= 11 is 0. The summed E-state index contributed by atoms with van der Waals surface area (Å²) in [5, 5.41) is 3.44. The van der Waals surface area contributed by atoms with Crippen LogP contribution in [-0.2, 0) is 10.0 Å². The first kappa shape index (κ1) is 13.1. The first-order valence-corrected chi connectivity index (χ1v) is 8.31. The third-order valence-corrected chi connectivity index (χ3v) is 6.07. The average molecular weight is 280 g/mol. The first-order chi connectivity index (χ1) is 9.07. The van der Waals surface area contributed by atoms with Gasteiger partial charge in [0.05, 0.1) is 4.90 Å². The van der Waals surface area contributed by atoms with Crippen LogP contribution < -0.4 is 5.32 Å². The monoisotopic (exact) mass is 280 g/mol. The number of rotatable bonds is 2. The van der Waals surface area contributed by atoms with Gasteiger partial charge < -0.3 is 5.32 Å². The molecule has 5 heteroatoms. The summed E-state index contributed by atoms with van der Waals surface area (Å²) in [4.78, 5) is 0.414. The molecule has 1 aromatic carbocycles. The Morgan fingerprint density at radius 2 is 1.95 bits per heavy atom. The van der Waals surface area contributed by atoms with Crippen LogP contribution in [-0.4, -0.2) is 38.4 Å². The summed E-state index contributed by atoms with van der Waals surface area (Å²) in [6.45, 7) is 4.25. The van der Waals surface area contributed by atoms with E-state index in [1.54, 1.807) is 16.4 Å². The van der Waals surface area contributed by atoms with Crippen molar-refractivity contribution >= 4 is 10.0 Å². The van der Waals surface area contributed by atoms with E-state index in [0.29, 0.717) is 29.9 Å². The molecule has 4 nitrogen and oxygen atoms in total. The number of benzene rings is 1. The third-order valence-electron chi connectivity index (χ3n) is 4.22. The molecule has 1 aromatic rings. The Hall–Kier alpha value is -0.910. The third kappa shape index (κ3) is 2.42. The van der Waals surface area contributed by atoms with Crippen LogP contribution in [0, 0.1) is 12.8 Å². The molecule has 2 aliphatic heterocycles. The summed E-state index contributed by atoms with van der Waals surface area (Å²) in [6.07, 6.45) is 2.29. The molecule has 3 rings (SSSR count). The summed E-state index contributed by atoms with van der Waals surface area (Å²) < 4.78 is 26.8. The Kier molecular flexibility index (Phi) is 3.37. The van der Waals surface area contributed by atoms with Gasteiger partial charge in [0.2, 0.25) is 10.0 Å². The molecule has 19 heavy (non-hydrogen) atoms. The van der Waals surface area contributed by atoms with E-state index in [9.17, 15) is 8.42 Å². The Labute approximate surface area is 114 Å². The van der Waals surface area contributed by atoms with Crippen molar-refractivity contribution in [2.24, 2.45) is 5.92 Å². The minimum atomic E-state index is -3.32. The Morgan fingerprint density at radius 1 is 1.21 bits per heavy atom. The fraction of sp³-hybridized carbons (Fsp3) is 0.571. The topological polar surface area (TPSA) is 49.4 Å². The van der Waals surface area contributed by atoms with Crippen LogP contribution in [0.15, 0.2) is 29.2 Å². The Bertz CT molecular complexity index is 539. The highest BCUT2D eigenvalue weighted by Gasteiger charge is 2.39. The number of piperidine rings is 1. The highest BCUT2D eigenvalue weighted by atomic mass is 32.2. The van der Waals surface area contributed by atoms with Crippen molar-refractivity contribution in [1.29, 1.82) is 0 Å². The van der Waals surface area contributed by atoms with Crippen LogP contribution >= 0.6 is 0 Å². The minimum Gasteiger partial charge on any atom is -0.312 e. The summed E-state index contributed by atoms with van der Waals surface area (Å²) in [5.41, 5.74) is 1.08. The number of aryl methyl sites for hydroxylation is 1. The van der Waals surface area contributed by atoms with Crippen molar-refractivity contribution in [2.75, 3.05) is 19.6 Å². The number of hydrogen-bond donors (Lipinski definition) is 1.